The van der Waals surface area contributed by atoms with Gasteiger partial charge < -0.3 is 23.8 Å². The van der Waals surface area contributed by atoms with Gasteiger partial charge in [0.05, 0.1) is 18.8 Å². The summed E-state index contributed by atoms with van der Waals surface area (Å²) in [5, 5.41) is 0. The van der Waals surface area contributed by atoms with Crippen LogP contribution in [-0.2, 0) is 33.3 Å². The zero-order valence-electron chi connectivity index (χ0n) is 21.8. The maximum Gasteiger partial charge on any atom is 0.378 e. The molecule has 0 N–H and O–H groups in total. The first-order valence-electron chi connectivity index (χ1n) is 13.1. The van der Waals surface area contributed by atoms with Gasteiger partial charge in [-0.05, 0) is 46.1 Å². The van der Waals surface area contributed by atoms with Crippen LogP contribution in [0.4, 0.5) is 0 Å². The van der Waals surface area contributed by atoms with Crippen molar-refractivity contribution in [1.29, 1.82) is 0 Å². The average Bonchev–Trinajstić information content (AvgIpc) is 2.86. The molecule has 0 aromatic carbocycles. The van der Waals surface area contributed by atoms with Gasteiger partial charge >= 0.3 is 11.9 Å². The summed E-state index contributed by atoms with van der Waals surface area (Å²) in [4.78, 5) is 39.5. The SMILES string of the molecule is CC(C)CC(=O)OC1CCCCCCCC(O[C@H]2C[C@H](C)N(C)C[C@H](C)O2)CCOC(=O)C1=O. The number of carbonyl (C=O) groups excluding carboxylic acids is 3. The molecule has 0 bridgehead atoms. The van der Waals surface area contributed by atoms with Gasteiger partial charge in [-0.15, -0.1) is 0 Å². The number of hydrogen-bond acceptors (Lipinski definition) is 8. The lowest BCUT2D eigenvalue weighted by molar-refractivity contribution is -0.192. The lowest BCUT2D eigenvalue weighted by Crippen LogP contribution is -2.35. The number of Topliss-reactive ketones (excluding diaryl/α,β-unsaturated/α-hetero) is 1. The third-order valence-electron chi connectivity index (χ3n) is 6.57. The standard InChI is InChI=1S/C26H45NO7/c1-18(2)15-23(28)34-22-12-10-8-6-7-9-11-21(13-14-31-26(30)25(22)29)33-24-16-19(3)27(5)17-20(4)32-24/h18-22,24H,6-17H2,1-5H3/t19-,20-,21?,22?,24-/m0/s1. The van der Waals surface area contributed by atoms with E-state index in [1.165, 1.54) is 0 Å². The summed E-state index contributed by atoms with van der Waals surface area (Å²) in [5.41, 5.74) is 0. The zero-order chi connectivity index (χ0) is 25.1. The summed E-state index contributed by atoms with van der Waals surface area (Å²) >= 11 is 0. The van der Waals surface area contributed by atoms with Crippen LogP contribution in [0.5, 0.6) is 0 Å². The van der Waals surface area contributed by atoms with Gasteiger partial charge in [0.2, 0.25) is 0 Å². The number of ether oxygens (including phenoxy) is 4. The van der Waals surface area contributed by atoms with Crippen LogP contribution in [0.25, 0.3) is 0 Å². The minimum absolute atomic E-state index is 0.0734. The summed E-state index contributed by atoms with van der Waals surface area (Å²) < 4.78 is 23.1. The summed E-state index contributed by atoms with van der Waals surface area (Å²) in [6.07, 6.45) is 6.04. The molecule has 0 saturated carbocycles. The topological polar surface area (TPSA) is 91.4 Å². The van der Waals surface area contributed by atoms with Crippen molar-refractivity contribution in [3.8, 4) is 0 Å². The molecular weight excluding hydrogens is 438 g/mol. The molecule has 34 heavy (non-hydrogen) atoms. The molecule has 196 valence electrons. The van der Waals surface area contributed by atoms with E-state index in [-0.39, 0.29) is 37.4 Å². The van der Waals surface area contributed by atoms with Crippen molar-refractivity contribution >= 4 is 17.7 Å². The quantitative estimate of drug-likeness (QED) is 0.428. The fourth-order valence-corrected chi connectivity index (χ4v) is 4.49. The van der Waals surface area contributed by atoms with Crippen LogP contribution in [0, 0.1) is 5.92 Å². The molecule has 0 aromatic rings. The Kier molecular flexibility index (Phi) is 12.5. The Bertz CT molecular complexity index is 653. The minimum Gasteiger partial charge on any atom is -0.460 e. The van der Waals surface area contributed by atoms with Gasteiger partial charge in [0, 0.05) is 31.8 Å². The van der Waals surface area contributed by atoms with Crippen LogP contribution < -0.4 is 0 Å². The van der Waals surface area contributed by atoms with Gasteiger partial charge in [-0.3, -0.25) is 9.59 Å². The summed E-state index contributed by atoms with van der Waals surface area (Å²) in [6.45, 7) is 8.97. The molecule has 0 radical (unpaired) electrons. The van der Waals surface area contributed by atoms with Gasteiger partial charge in [-0.1, -0.05) is 39.5 Å². The average molecular weight is 484 g/mol. The Balaban J connectivity index is 1.97. The fourth-order valence-electron chi connectivity index (χ4n) is 4.49. The number of cyclic esters (lactones) is 1. The molecule has 0 spiro atoms. The van der Waals surface area contributed by atoms with Crippen LogP contribution in [0.3, 0.4) is 0 Å². The smallest absolute Gasteiger partial charge is 0.378 e. The molecule has 0 aliphatic carbocycles. The highest BCUT2D eigenvalue weighted by molar-refractivity contribution is 6.35. The molecule has 2 aliphatic rings. The van der Waals surface area contributed by atoms with Crippen LogP contribution in [0.15, 0.2) is 0 Å². The maximum absolute atomic E-state index is 12.7. The third kappa shape index (κ3) is 10.4. The summed E-state index contributed by atoms with van der Waals surface area (Å²) in [5.74, 6) is -2.04. The largest absolute Gasteiger partial charge is 0.460 e. The highest BCUT2D eigenvalue weighted by atomic mass is 16.7. The number of hydrogen-bond donors (Lipinski definition) is 0. The second-order valence-electron chi connectivity index (χ2n) is 10.4. The second-order valence-corrected chi connectivity index (χ2v) is 10.4. The van der Waals surface area contributed by atoms with Gasteiger partial charge in [0.1, 0.15) is 0 Å². The van der Waals surface area contributed by atoms with Crippen molar-refractivity contribution in [2.75, 3.05) is 20.2 Å². The normalized spacial score (nSPS) is 31.4. The highest BCUT2D eigenvalue weighted by Crippen LogP contribution is 2.22. The number of carbonyl (C=O) groups is 3. The van der Waals surface area contributed by atoms with Crippen molar-refractivity contribution in [3.63, 3.8) is 0 Å². The molecule has 8 heteroatoms. The van der Waals surface area contributed by atoms with E-state index in [1.807, 2.05) is 13.8 Å². The Morgan fingerprint density at radius 1 is 1.06 bits per heavy atom. The first kappa shape index (κ1) is 28.7. The van der Waals surface area contributed by atoms with E-state index in [4.69, 9.17) is 18.9 Å². The third-order valence-corrected chi connectivity index (χ3v) is 6.57. The fraction of sp³-hybridized carbons (Fsp3) is 0.885. The Morgan fingerprint density at radius 2 is 1.74 bits per heavy atom. The lowest BCUT2D eigenvalue weighted by Gasteiger charge is -2.27. The van der Waals surface area contributed by atoms with E-state index in [0.717, 1.165) is 51.5 Å². The van der Waals surface area contributed by atoms with E-state index < -0.39 is 23.8 Å². The van der Waals surface area contributed by atoms with E-state index in [9.17, 15) is 14.4 Å². The van der Waals surface area contributed by atoms with Crippen molar-refractivity contribution in [2.24, 2.45) is 5.92 Å². The maximum atomic E-state index is 12.7. The number of nitrogens with zero attached hydrogens (tertiary/aromatic N) is 1. The van der Waals surface area contributed by atoms with E-state index in [1.54, 1.807) is 0 Å². The van der Waals surface area contributed by atoms with Crippen LogP contribution >= 0.6 is 0 Å². The number of likely N-dealkylation sites (N-methyl/N-ethyl adjacent to an activating group) is 1. The van der Waals surface area contributed by atoms with Crippen LogP contribution in [0.1, 0.15) is 91.9 Å². The highest BCUT2D eigenvalue weighted by Gasteiger charge is 2.31. The first-order valence-corrected chi connectivity index (χ1v) is 13.1. The van der Waals surface area contributed by atoms with Crippen molar-refractivity contribution in [2.45, 2.75) is 123 Å². The van der Waals surface area contributed by atoms with Crippen molar-refractivity contribution in [1.82, 2.24) is 4.90 Å². The monoisotopic (exact) mass is 483 g/mol. The van der Waals surface area contributed by atoms with Crippen molar-refractivity contribution in [3.05, 3.63) is 0 Å². The molecule has 2 rings (SSSR count). The van der Waals surface area contributed by atoms with Gasteiger partial charge in [0.15, 0.2) is 12.4 Å². The lowest BCUT2D eigenvalue weighted by atomic mass is 10.0. The minimum atomic E-state index is -1.06. The van der Waals surface area contributed by atoms with Gasteiger partial charge in [0.25, 0.3) is 5.78 Å². The predicted molar refractivity (Wildman–Crippen MR) is 128 cm³/mol. The van der Waals surface area contributed by atoms with Gasteiger partial charge in [-0.2, -0.15) is 0 Å². The number of esters is 2. The number of rotatable bonds is 5. The molecule has 2 unspecified atom stereocenters. The van der Waals surface area contributed by atoms with Gasteiger partial charge in [-0.25, -0.2) is 4.79 Å². The molecule has 0 amide bonds. The van der Waals surface area contributed by atoms with E-state index in [2.05, 4.69) is 25.8 Å². The summed E-state index contributed by atoms with van der Waals surface area (Å²) in [6, 6.07) is 0.347. The first-order chi connectivity index (χ1) is 16.2. The zero-order valence-corrected chi connectivity index (χ0v) is 21.8. The molecule has 2 fully saturated rings. The van der Waals surface area contributed by atoms with E-state index >= 15 is 0 Å². The molecule has 5 atom stereocenters. The van der Waals surface area contributed by atoms with Crippen LogP contribution in [0.2, 0.25) is 0 Å². The Morgan fingerprint density at radius 3 is 2.44 bits per heavy atom. The molecule has 0 aromatic heterocycles. The van der Waals surface area contributed by atoms with E-state index in [0.29, 0.717) is 18.9 Å². The molecule has 2 saturated heterocycles. The van der Waals surface area contributed by atoms with Crippen molar-refractivity contribution < 1.29 is 33.3 Å². The Labute approximate surface area is 205 Å². The molecular formula is C26H45NO7. The number of ketones is 1. The molecule has 2 aliphatic heterocycles. The molecule has 8 nitrogen and oxygen atoms in total. The summed E-state index contributed by atoms with van der Waals surface area (Å²) in [7, 11) is 2.10. The Hall–Kier alpha value is -1.51. The van der Waals surface area contributed by atoms with Crippen LogP contribution in [-0.4, -0.2) is 73.5 Å². The predicted octanol–water partition coefficient (Wildman–Crippen LogP) is 4.03. The second kappa shape index (κ2) is 14.8. The molecule has 2 heterocycles.